The molecule has 0 aliphatic rings. The molecule has 0 bridgehead atoms. The van der Waals surface area contributed by atoms with E-state index in [1.807, 2.05) is 24.3 Å². The number of benzene rings is 2. The Morgan fingerprint density at radius 1 is 1.06 bits per heavy atom. The molecule has 9 nitrogen and oxygen atoms in total. The number of anilines is 1. The SMILES string of the molecule is CCc1ccc(-c2cc(NC(=O)c3cc(OC)c(OCC(N)=O)c(OC)c3)on2)cc1. The van der Waals surface area contributed by atoms with Gasteiger partial charge < -0.3 is 24.5 Å². The fourth-order valence-electron chi connectivity index (χ4n) is 2.86. The molecule has 0 aliphatic heterocycles. The van der Waals surface area contributed by atoms with E-state index in [0.717, 1.165) is 12.0 Å². The van der Waals surface area contributed by atoms with E-state index in [1.54, 1.807) is 6.07 Å². The number of aromatic nitrogens is 1. The van der Waals surface area contributed by atoms with Crippen molar-refractivity contribution in [3.8, 4) is 28.5 Å². The van der Waals surface area contributed by atoms with Gasteiger partial charge in [0, 0.05) is 17.2 Å². The lowest BCUT2D eigenvalue weighted by atomic mass is 10.1. The van der Waals surface area contributed by atoms with E-state index in [-0.39, 0.29) is 35.3 Å². The van der Waals surface area contributed by atoms with Crippen LogP contribution in [0.1, 0.15) is 22.8 Å². The normalized spacial score (nSPS) is 10.4. The Hall–Kier alpha value is -4.01. The predicted molar refractivity (Wildman–Crippen MR) is 114 cm³/mol. The summed E-state index contributed by atoms with van der Waals surface area (Å²) in [7, 11) is 2.81. The van der Waals surface area contributed by atoms with Crippen LogP contribution in [0.3, 0.4) is 0 Å². The van der Waals surface area contributed by atoms with Crippen LogP contribution in [0, 0.1) is 0 Å². The molecule has 0 atom stereocenters. The number of hydrogen-bond acceptors (Lipinski definition) is 7. The molecule has 2 aromatic carbocycles. The fraction of sp³-hybridized carbons (Fsp3) is 0.227. The first kappa shape index (κ1) is 21.7. The number of hydrogen-bond donors (Lipinski definition) is 2. The molecule has 0 unspecified atom stereocenters. The largest absolute Gasteiger partial charge is 0.493 e. The zero-order valence-corrected chi connectivity index (χ0v) is 17.4. The quantitative estimate of drug-likeness (QED) is 0.540. The van der Waals surface area contributed by atoms with E-state index < -0.39 is 11.8 Å². The molecule has 1 aromatic heterocycles. The molecular weight excluding hydrogens is 402 g/mol. The summed E-state index contributed by atoms with van der Waals surface area (Å²) in [6.07, 6.45) is 0.944. The second-order valence-corrected chi connectivity index (χ2v) is 6.55. The van der Waals surface area contributed by atoms with Crippen molar-refractivity contribution in [2.24, 2.45) is 5.73 Å². The Labute approximate surface area is 179 Å². The van der Waals surface area contributed by atoms with Crippen LogP contribution in [-0.2, 0) is 11.2 Å². The molecule has 0 saturated carbocycles. The summed E-state index contributed by atoms with van der Waals surface area (Å²) < 4.78 is 21.1. The van der Waals surface area contributed by atoms with Gasteiger partial charge in [-0.1, -0.05) is 36.3 Å². The molecular formula is C22H23N3O6. The summed E-state index contributed by atoms with van der Waals surface area (Å²) in [4.78, 5) is 23.8. The van der Waals surface area contributed by atoms with Crippen LogP contribution >= 0.6 is 0 Å². The van der Waals surface area contributed by atoms with Gasteiger partial charge in [0.1, 0.15) is 5.69 Å². The van der Waals surface area contributed by atoms with Crippen molar-refractivity contribution >= 4 is 17.7 Å². The molecule has 3 aromatic rings. The number of methoxy groups -OCH3 is 2. The zero-order valence-electron chi connectivity index (χ0n) is 17.4. The van der Waals surface area contributed by atoms with E-state index in [2.05, 4.69) is 17.4 Å². The molecule has 3 rings (SSSR count). The number of nitrogens with zero attached hydrogens (tertiary/aromatic N) is 1. The van der Waals surface area contributed by atoms with Crippen LogP contribution in [0.15, 0.2) is 47.0 Å². The van der Waals surface area contributed by atoms with Crippen molar-refractivity contribution < 1.29 is 28.3 Å². The Morgan fingerprint density at radius 3 is 2.26 bits per heavy atom. The number of nitrogens with one attached hydrogen (secondary N) is 1. The van der Waals surface area contributed by atoms with Gasteiger partial charge in [-0.15, -0.1) is 0 Å². The fourth-order valence-corrected chi connectivity index (χ4v) is 2.86. The summed E-state index contributed by atoms with van der Waals surface area (Å²) in [5, 5.41) is 6.66. The van der Waals surface area contributed by atoms with Gasteiger partial charge in [-0.2, -0.15) is 0 Å². The van der Waals surface area contributed by atoms with E-state index in [9.17, 15) is 9.59 Å². The molecule has 162 valence electrons. The van der Waals surface area contributed by atoms with Crippen LogP contribution in [0.5, 0.6) is 17.2 Å². The van der Waals surface area contributed by atoms with Crippen molar-refractivity contribution in [3.63, 3.8) is 0 Å². The average Bonchev–Trinajstić information content (AvgIpc) is 3.25. The van der Waals surface area contributed by atoms with Gasteiger partial charge >= 0.3 is 0 Å². The molecule has 0 aliphatic carbocycles. The van der Waals surface area contributed by atoms with Gasteiger partial charge in [-0.25, -0.2) is 0 Å². The first-order valence-corrected chi connectivity index (χ1v) is 9.49. The van der Waals surface area contributed by atoms with Crippen LogP contribution in [-0.4, -0.2) is 37.8 Å². The Morgan fingerprint density at radius 2 is 1.71 bits per heavy atom. The van der Waals surface area contributed by atoms with Crippen molar-refractivity contribution in [2.45, 2.75) is 13.3 Å². The number of nitrogens with two attached hydrogens (primary N) is 1. The Balaban J connectivity index is 1.80. The lowest BCUT2D eigenvalue weighted by molar-refractivity contribution is -0.120. The van der Waals surface area contributed by atoms with Crippen molar-refractivity contribution in [1.82, 2.24) is 5.16 Å². The lowest BCUT2D eigenvalue weighted by Gasteiger charge is -2.15. The minimum Gasteiger partial charge on any atom is -0.493 e. The number of carbonyl (C=O) groups excluding carboxylic acids is 2. The number of ether oxygens (including phenoxy) is 3. The second kappa shape index (κ2) is 9.66. The van der Waals surface area contributed by atoms with Crippen molar-refractivity contribution in [3.05, 3.63) is 53.6 Å². The van der Waals surface area contributed by atoms with Crippen LogP contribution in [0.25, 0.3) is 11.3 Å². The van der Waals surface area contributed by atoms with E-state index in [1.165, 1.54) is 31.9 Å². The first-order chi connectivity index (χ1) is 14.9. The number of rotatable bonds is 9. The molecule has 3 N–H and O–H groups in total. The second-order valence-electron chi connectivity index (χ2n) is 6.55. The maximum absolute atomic E-state index is 12.7. The molecule has 2 amide bonds. The molecule has 9 heteroatoms. The molecule has 0 fully saturated rings. The maximum Gasteiger partial charge on any atom is 0.258 e. The third-order valence-corrected chi connectivity index (χ3v) is 4.49. The van der Waals surface area contributed by atoms with E-state index in [0.29, 0.717) is 5.69 Å². The van der Waals surface area contributed by atoms with E-state index in [4.69, 9.17) is 24.5 Å². The summed E-state index contributed by atoms with van der Waals surface area (Å²) in [6, 6.07) is 12.5. The van der Waals surface area contributed by atoms with Crippen molar-refractivity contribution in [1.29, 1.82) is 0 Å². The molecule has 0 saturated heterocycles. The molecule has 31 heavy (non-hydrogen) atoms. The topological polar surface area (TPSA) is 126 Å². The summed E-state index contributed by atoms with van der Waals surface area (Å²) >= 11 is 0. The third kappa shape index (κ3) is 5.13. The molecule has 0 spiro atoms. The Kier molecular flexibility index (Phi) is 6.76. The monoisotopic (exact) mass is 425 g/mol. The highest BCUT2D eigenvalue weighted by Gasteiger charge is 2.19. The standard InChI is InChI=1S/C22H23N3O6/c1-4-13-5-7-14(8-6-13)16-11-20(31-25-16)24-22(27)15-9-17(28-2)21(18(10-15)29-3)30-12-19(23)26/h5-11H,4,12H2,1-3H3,(H2,23,26)(H,24,27). The number of amides is 2. The van der Waals surface area contributed by atoms with Crippen molar-refractivity contribution in [2.75, 3.05) is 26.1 Å². The smallest absolute Gasteiger partial charge is 0.258 e. The van der Waals surface area contributed by atoms with Crippen LogP contribution in [0.2, 0.25) is 0 Å². The molecule has 0 radical (unpaired) electrons. The zero-order chi connectivity index (χ0) is 22.4. The van der Waals surface area contributed by atoms with Gasteiger partial charge in [0.05, 0.1) is 14.2 Å². The average molecular weight is 425 g/mol. The van der Waals surface area contributed by atoms with Gasteiger partial charge in [-0.3, -0.25) is 14.9 Å². The Bertz CT molecular complexity index is 1050. The number of carbonyl (C=O) groups is 2. The van der Waals surface area contributed by atoms with E-state index >= 15 is 0 Å². The van der Waals surface area contributed by atoms with Gasteiger partial charge in [0.15, 0.2) is 18.1 Å². The van der Waals surface area contributed by atoms with Crippen LogP contribution in [0.4, 0.5) is 5.88 Å². The van der Waals surface area contributed by atoms with Gasteiger partial charge in [0.25, 0.3) is 11.8 Å². The summed E-state index contributed by atoms with van der Waals surface area (Å²) in [5.74, 6) is -0.358. The third-order valence-electron chi connectivity index (χ3n) is 4.49. The number of aryl methyl sites for hydroxylation is 1. The summed E-state index contributed by atoms with van der Waals surface area (Å²) in [5.41, 5.74) is 8.04. The summed E-state index contributed by atoms with van der Waals surface area (Å²) in [6.45, 7) is 1.72. The maximum atomic E-state index is 12.7. The lowest BCUT2D eigenvalue weighted by Crippen LogP contribution is -2.20. The first-order valence-electron chi connectivity index (χ1n) is 9.49. The molecule has 1 heterocycles. The highest BCUT2D eigenvalue weighted by molar-refractivity contribution is 6.04. The minimum absolute atomic E-state index is 0.165. The predicted octanol–water partition coefficient (Wildman–Crippen LogP) is 3.04. The minimum atomic E-state index is -0.656. The van der Waals surface area contributed by atoms with Gasteiger partial charge in [0.2, 0.25) is 11.6 Å². The highest BCUT2D eigenvalue weighted by Crippen LogP contribution is 2.38. The highest BCUT2D eigenvalue weighted by atomic mass is 16.5. The van der Waals surface area contributed by atoms with Crippen LogP contribution < -0.4 is 25.3 Å². The number of primary amides is 1. The van der Waals surface area contributed by atoms with Gasteiger partial charge in [-0.05, 0) is 24.1 Å².